The molecule has 1 aromatic carbocycles. The minimum absolute atomic E-state index is 0.00134. The lowest BCUT2D eigenvalue weighted by Crippen LogP contribution is -2.58. The first kappa shape index (κ1) is 29.9. The summed E-state index contributed by atoms with van der Waals surface area (Å²) in [6.07, 6.45) is 1.53. The number of rotatable bonds is 15. The van der Waals surface area contributed by atoms with Crippen LogP contribution in [0.25, 0.3) is 0 Å². The van der Waals surface area contributed by atoms with E-state index in [0.29, 0.717) is 11.3 Å². The molecule has 4 amide bonds. The number of hydrogen-bond donors (Lipinski definition) is 6. The van der Waals surface area contributed by atoms with Gasteiger partial charge < -0.3 is 32.5 Å². The molecule has 0 aliphatic rings. The maximum absolute atomic E-state index is 13.0. The molecular weight excluding hydrogens is 474 g/mol. The topological polar surface area (TPSA) is 194 Å². The molecule has 0 saturated heterocycles. The molecule has 4 atom stereocenters. The summed E-state index contributed by atoms with van der Waals surface area (Å²) in [5.74, 6) is -3.89. The lowest BCUT2D eigenvalue weighted by molar-refractivity contribution is -0.142. The van der Waals surface area contributed by atoms with Crippen molar-refractivity contribution in [3.8, 4) is 0 Å². The first-order valence-corrected chi connectivity index (χ1v) is 12.6. The van der Waals surface area contributed by atoms with Gasteiger partial charge >= 0.3 is 5.97 Å². The van der Waals surface area contributed by atoms with Gasteiger partial charge in [0.15, 0.2) is 0 Å². The third kappa shape index (κ3) is 10.8. The maximum atomic E-state index is 13.0. The van der Waals surface area contributed by atoms with Gasteiger partial charge in [-0.2, -0.15) is 11.8 Å². The molecule has 0 aliphatic carbocycles. The fourth-order valence-electron chi connectivity index (χ4n) is 3.08. The summed E-state index contributed by atoms with van der Waals surface area (Å²) in [4.78, 5) is 61.5. The van der Waals surface area contributed by atoms with Gasteiger partial charge in [-0.1, -0.05) is 44.2 Å². The maximum Gasteiger partial charge on any atom is 0.326 e. The highest BCUT2D eigenvalue weighted by molar-refractivity contribution is 7.98. The van der Waals surface area contributed by atoms with E-state index in [2.05, 4.69) is 16.0 Å². The SMILES string of the molecule is CSCCC(NC(=O)C(N)C(C)C)C(=O)NC(CC(N)=O)C(=O)NC(Cc1ccccc1)C(=O)O. The second-order valence-corrected chi connectivity index (χ2v) is 9.42. The van der Waals surface area contributed by atoms with Gasteiger partial charge in [-0.3, -0.25) is 19.2 Å². The number of carbonyl (C=O) groups excluding carboxylic acids is 4. The van der Waals surface area contributed by atoms with Gasteiger partial charge in [0.25, 0.3) is 0 Å². The van der Waals surface area contributed by atoms with E-state index in [1.807, 2.05) is 6.26 Å². The minimum atomic E-state index is -1.43. The number of primary amides is 1. The highest BCUT2D eigenvalue weighted by atomic mass is 32.2. The average Bonchev–Trinajstić information content (AvgIpc) is 2.80. The summed E-state index contributed by atoms with van der Waals surface area (Å²) in [7, 11) is 0. The molecule has 0 aliphatic heterocycles. The Morgan fingerprint density at radius 2 is 1.46 bits per heavy atom. The standard InChI is InChI=1S/C23H35N5O6S/c1-13(2)19(25)22(32)26-15(9-10-35-3)20(30)27-16(12-18(24)29)21(31)28-17(23(33)34)11-14-7-5-4-6-8-14/h4-8,13,15-17,19H,9-12,25H2,1-3H3,(H2,24,29)(H,26,32)(H,27,30)(H,28,31)(H,33,34). The molecule has 1 rings (SSSR count). The Morgan fingerprint density at radius 1 is 0.914 bits per heavy atom. The summed E-state index contributed by atoms with van der Waals surface area (Å²) < 4.78 is 0. The Labute approximate surface area is 209 Å². The van der Waals surface area contributed by atoms with Crippen LogP contribution in [0.5, 0.6) is 0 Å². The molecule has 8 N–H and O–H groups in total. The summed E-state index contributed by atoms with van der Waals surface area (Å²) in [5, 5.41) is 16.9. The first-order chi connectivity index (χ1) is 16.5. The number of benzene rings is 1. The molecule has 194 valence electrons. The zero-order chi connectivity index (χ0) is 26.5. The van der Waals surface area contributed by atoms with Crippen molar-refractivity contribution in [1.82, 2.24) is 16.0 Å². The van der Waals surface area contributed by atoms with Crippen LogP contribution in [0, 0.1) is 5.92 Å². The summed E-state index contributed by atoms with van der Waals surface area (Å²) in [5.41, 5.74) is 11.8. The molecule has 0 spiro atoms. The summed E-state index contributed by atoms with van der Waals surface area (Å²) in [6.45, 7) is 3.53. The third-order valence-electron chi connectivity index (χ3n) is 5.20. The van der Waals surface area contributed by atoms with Crippen molar-refractivity contribution in [2.24, 2.45) is 17.4 Å². The van der Waals surface area contributed by atoms with Crippen LogP contribution in [0.1, 0.15) is 32.3 Å². The van der Waals surface area contributed by atoms with Crippen LogP contribution < -0.4 is 27.4 Å². The van der Waals surface area contributed by atoms with Gasteiger partial charge in [-0.15, -0.1) is 0 Å². The van der Waals surface area contributed by atoms with Crippen LogP contribution in [0.2, 0.25) is 0 Å². The molecule has 12 heteroatoms. The van der Waals surface area contributed by atoms with E-state index in [1.54, 1.807) is 44.2 Å². The van der Waals surface area contributed by atoms with Gasteiger partial charge in [-0.25, -0.2) is 4.79 Å². The monoisotopic (exact) mass is 509 g/mol. The minimum Gasteiger partial charge on any atom is -0.480 e. The molecule has 11 nitrogen and oxygen atoms in total. The Bertz CT molecular complexity index is 882. The molecule has 0 radical (unpaired) electrons. The molecule has 0 aromatic heterocycles. The largest absolute Gasteiger partial charge is 0.480 e. The van der Waals surface area contributed by atoms with E-state index < -0.39 is 60.2 Å². The van der Waals surface area contributed by atoms with Crippen molar-refractivity contribution in [2.75, 3.05) is 12.0 Å². The van der Waals surface area contributed by atoms with Crippen LogP contribution in [0.3, 0.4) is 0 Å². The van der Waals surface area contributed by atoms with Crippen LogP contribution >= 0.6 is 11.8 Å². The number of amides is 4. The first-order valence-electron chi connectivity index (χ1n) is 11.2. The number of nitrogens with one attached hydrogen (secondary N) is 3. The molecular formula is C23H35N5O6S. The number of hydrogen-bond acceptors (Lipinski definition) is 7. The predicted octanol–water partition coefficient (Wildman–Crippen LogP) is -0.620. The predicted molar refractivity (Wildman–Crippen MR) is 133 cm³/mol. The molecule has 4 unspecified atom stereocenters. The molecule has 1 aromatic rings. The number of carboxylic acids is 1. The highest BCUT2D eigenvalue weighted by Crippen LogP contribution is 2.07. The lowest BCUT2D eigenvalue weighted by atomic mass is 10.0. The Morgan fingerprint density at radius 3 is 1.97 bits per heavy atom. The van der Waals surface area contributed by atoms with E-state index in [4.69, 9.17) is 11.5 Å². The van der Waals surface area contributed by atoms with Gasteiger partial charge in [-0.05, 0) is 29.9 Å². The second kappa shape index (κ2) is 15.0. The van der Waals surface area contributed by atoms with Crippen molar-refractivity contribution in [3.63, 3.8) is 0 Å². The van der Waals surface area contributed by atoms with Gasteiger partial charge in [0, 0.05) is 6.42 Å². The van der Waals surface area contributed by atoms with Crippen LogP contribution in [-0.2, 0) is 30.4 Å². The van der Waals surface area contributed by atoms with Crippen molar-refractivity contribution in [1.29, 1.82) is 0 Å². The summed E-state index contributed by atoms with van der Waals surface area (Å²) >= 11 is 1.46. The zero-order valence-corrected chi connectivity index (χ0v) is 21.0. The van der Waals surface area contributed by atoms with E-state index in [0.717, 1.165) is 0 Å². The average molecular weight is 510 g/mol. The number of carbonyl (C=O) groups is 5. The number of carboxylic acid groups (broad SMARTS) is 1. The van der Waals surface area contributed by atoms with E-state index in [1.165, 1.54) is 11.8 Å². The number of aliphatic carboxylic acids is 1. The Hall–Kier alpha value is -3.12. The second-order valence-electron chi connectivity index (χ2n) is 8.43. The van der Waals surface area contributed by atoms with Crippen molar-refractivity contribution >= 4 is 41.4 Å². The van der Waals surface area contributed by atoms with Gasteiger partial charge in [0.05, 0.1) is 12.5 Å². The van der Waals surface area contributed by atoms with Crippen molar-refractivity contribution in [3.05, 3.63) is 35.9 Å². The molecule has 35 heavy (non-hydrogen) atoms. The van der Waals surface area contributed by atoms with E-state index in [9.17, 15) is 29.1 Å². The molecule has 0 bridgehead atoms. The van der Waals surface area contributed by atoms with E-state index >= 15 is 0 Å². The van der Waals surface area contributed by atoms with E-state index in [-0.39, 0.29) is 18.8 Å². The Balaban J connectivity index is 3.00. The summed E-state index contributed by atoms with van der Waals surface area (Å²) in [6, 6.07) is 4.11. The van der Waals surface area contributed by atoms with Crippen LogP contribution in [0.15, 0.2) is 30.3 Å². The zero-order valence-electron chi connectivity index (χ0n) is 20.2. The molecule has 0 heterocycles. The van der Waals surface area contributed by atoms with Crippen molar-refractivity contribution in [2.45, 2.75) is 57.3 Å². The quantitative estimate of drug-likeness (QED) is 0.180. The fraction of sp³-hybridized carbons (Fsp3) is 0.522. The Kier molecular flexibility index (Phi) is 12.8. The number of nitrogens with two attached hydrogens (primary N) is 2. The van der Waals surface area contributed by atoms with Gasteiger partial charge in [0.2, 0.25) is 23.6 Å². The lowest BCUT2D eigenvalue weighted by Gasteiger charge is -2.25. The fourth-order valence-corrected chi connectivity index (χ4v) is 3.55. The van der Waals surface area contributed by atoms with Crippen LogP contribution in [-0.4, -0.2) is 70.9 Å². The number of thioether (sulfide) groups is 1. The molecule has 0 fully saturated rings. The molecule has 0 saturated carbocycles. The van der Waals surface area contributed by atoms with Gasteiger partial charge in [0.1, 0.15) is 18.1 Å². The smallest absolute Gasteiger partial charge is 0.326 e. The third-order valence-corrected chi connectivity index (χ3v) is 5.84. The highest BCUT2D eigenvalue weighted by Gasteiger charge is 2.31. The van der Waals surface area contributed by atoms with Crippen LogP contribution in [0.4, 0.5) is 0 Å². The normalized spacial score (nSPS) is 14.3. The van der Waals surface area contributed by atoms with Crippen molar-refractivity contribution < 1.29 is 29.1 Å².